The molecule has 11 heavy (non-hydrogen) atoms. The fourth-order valence-corrected chi connectivity index (χ4v) is 1.53. The minimum Gasteiger partial charge on any atom is -0.326 e. The molecule has 0 aromatic carbocycles. The SMILES string of the molecule is CC(C)(N)CC(C)(C)CC=O. The molecule has 0 aromatic heterocycles. The van der Waals surface area contributed by atoms with E-state index >= 15 is 0 Å². The number of aldehydes is 1. The fraction of sp³-hybridized carbons (Fsp3) is 0.889. The zero-order valence-corrected chi connectivity index (χ0v) is 7.98. The predicted molar refractivity (Wildman–Crippen MR) is 47.3 cm³/mol. The van der Waals surface area contributed by atoms with Crippen LogP contribution in [0.2, 0.25) is 0 Å². The second-order valence-corrected chi connectivity index (χ2v) is 4.70. The quantitative estimate of drug-likeness (QED) is 0.631. The third kappa shape index (κ3) is 6.05. The summed E-state index contributed by atoms with van der Waals surface area (Å²) >= 11 is 0. The fourth-order valence-electron chi connectivity index (χ4n) is 1.53. The monoisotopic (exact) mass is 157 g/mol. The zero-order chi connectivity index (χ0) is 9.12. The van der Waals surface area contributed by atoms with Gasteiger partial charge in [0.05, 0.1) is 0 Å². The van der Waals surface area contributed by atoms with Gasteiger partial charge in [0.25, 0.3) is 0 Å². The van der Waals surface area contributed by atoms with Gasteiger partial charge in [0.15, 0.2) is 0 Å². The van der Waals surface area contributed by atoms with Crippen LogP contribution in [0.25, 0.3) is 0 Å². The van der Waals surface area contributed by atoms with Crippen LogP contribution in [-0.2, 0) is 4.79 Å². The van der Waals surface area contributed by atoms with Crippen LogP contribution in [0.5, 0.6) is 0 Å². The van der Waals surface area contributed by atoms with Crippen molar-refractivity contribution < 1.29 is 4.79 Å². The molecule has 2 heteroatoms. The molecule has 0 bridgehead atoms. The predicted octanol–water partition coefficient (Wildman–Crippen LogP) is 1.73. The topological polar surface area (TPSA) is 43.1 Å². The first-order valence-electron chi connectivity index (χ1n) is 3.99. The summed E-state index contributed by atoms with van der Waals surface area (Å²) in [5, 5.41) is 0. The van der Waals surface area contributed by atoms with Crippen LogP contribution in [0, 0.1) is 5.41 Å². The molecule has 66 valence electrons. The van der Waals surface area contributed by atoms with Crippen molar-refractivity contribution in [3.63, 3.8) is 0 Å². The Balaban J connectivity index is 4.00. The van der Waals surface area contributed by atoms with Crippen molar-refractivity contribution in [2.75, 3.05) is 0 Å². The van der Waals surface area contributed by atoms with Crippen LogP contribution in [0.15, 0.2) is 0 Å². The Labute approximate surface area is 69.2 Å². The standard InChI is InChI=1S/C9H19NO/c1-8(2,5-6-11)7-9(3,4)10/h6H,5,7,10H2,1-4H3. The molecule has 2 N–H and O–H groups in total. The maximum Gasteiger partial charge on any atom is 0.120 e. The van der Waals surface area contributed by atoms with E-state index in [1.54, 1.807) is 0 Å². The molecule has 0 aromatic rings. The third-order valence-corrected chi connectivity index (χ3v) is 1.57. The molecule has 0 heterocycles. The molecule has 0 fully saturated rings. The van der Waals surface area contributed by atoms with Crippen molar-refractivity contribution in [1.82, 2.24) is 0 Å². The van der Waals surface area contributed by atoms with E-state index in [1.807, 2.05) is 13.8 Å². The third-order valence-electron chi connectivity index (χ3n) is 1.57. The largest absolute Gasteiger partial charge is 0.326 e. The van der Waals surface area contributed by atoms with Gasteiger partial charge in [0, 0.05) is 12.0 Å². The molecule has 0 aliphatic heterocycles. The Bertz CT molecular complexity index is 133. The Hall–Kier alpha value is -0.370. The van der Waals surface area contributed by atoms with Crippen LogP contribution < -0.4 is 5.73 Å². The summed E-state index contributed by atoms with van der Waals surface area (Å²) in [5.41, 5.74) is 5.70. The first-order valence-corrected chi connectivity index (χ1v) is 3.99. The molecule has 0 aliphatic rings. The lowest BCUT2D eigenvalue weighted by Crippen LogP contribution is -2.37. The molecule has 2 nitrogen and oxygen atoms in total. The Kier molecular flexibility index (Phi) is 3.24. The van der Waals surface area contributed by atoms with Gasteiger partial charge >= 0.3 is 0 Å². The second-order valence-electron chi connectivity index (χ2n) is 4.70. The van der Waals surface area contributed by atoms with Crippen molar-refractivity contribution >= 4 is 6.29 Å². The summed E-state index contributed by atoms with van der Waals surface area (Å²) < 4.78 is 0. The maximum atomic E-state index is 10.3. The summed E-state index contributed by atoms with van der Waals surface area (Å²) in [6.07, 6.45) is 2.43. The van der Waals surface area contributed by atoms with E-state index < -0.39 is 0 Å². The average Bonchev–Trinajstić information content (AvgIpc) is 1.55. The molecule has 0 aliphatic carbocycles. The van der Waals surface area contributed by atoms with Crippen LogP contribution in [0.1, 0.15) is 40.5 Å². The van der Waals surface area contributed by atoms with Gasteiger partial charge in [-0.3, -0.25) is 0 Å². The van der Waals surface area contributed by atoms with Gasteiger partial charge in [-0.05, 0) is 25.7 Å². The first-order chi connectivity index (χ1) is 4.77. The van der Waals surface area contributed by atoms with E-state index in [4.69, 9.17) is 5.73 Å². The molecule has 0 atom stereocenters. The van der Waals surface area contributed by atoms with Crippen molar-refractivity contribution in [2.24, 2.45) is 11.1 Å². The molecular formula is C9H19NO. The van der Waals surface area contributed by atoms with Gasteiger partial charge in [-0.2, -0.15) is 0 Å². The highest BCUT2D eigenvalue weighted by Crippen LogP contribution is 2.28. The van der Waals surface area contributed by atoms with Gasteiger partial charge in [0.1, 0.15) is 6.29 Å². The highest BCUT2D eigenvalue weighted by Gasteiger charge is 2.24. The van der Waals surface area contributed by atoms with E-state index in [1.165, 1.54) is 0 Å². The summed E-state index contributed by atoms with van der Waals surface area (Å²) in [5.74, 6) is 0. The van der Waals surface area contributed by atoms with Gasteiger partial charge in [0.2, 0.25) is 0 Å². The summed E-state index contributed by atoms with van der Waals surface area (Å²) in [7, 11) is 0. The minimum absolute atomic E-state index is 0.0417. The molecule has 0 amide bonds. The summed E-state index contributed by atoms with van der Waals surface area (Å²) in [6.45, 7) is 8.10. The lowest BCUT2D eigenvalue weighted by Gasteiger charge is -2.30. The highest BCUT2D eigenvalue weighted by molar-refractivity contribution is 5.50. The maximum absolute atomic E-state index is 10.3. The van der Waals surface area contributed by atoms with Crippen molar-refractivity contribution in [3.05, 3.63) is 0 Å². The van der Waals surface area contributed by atoms with Gasteiger partial charge < -0.3 is 10.5 Å². The molecular weight excluding hydrogens is 138 g/mol. The number of hydrogen-bond donors (Lipinski definition) is 1. The van der Waals surface area contributed by atoms with E-state index in [-0.39, 0.29) is 11.0 Å². The first kappa shape index (κ1) is 10.6. The lowest BCUT2D eigenvalue weighted by molar-refractivity contribution is -0.109. The Morgan fingerprint density at radius 2 is 1.73 bits per heavy atom. The molecule has 0 saturated carbocycles. The smallest absolute Gasteiger partial charge is 0.120 e. The van der Waals surface area contributed by atoms with E-state index in [0.717, 1.165) is 12.7 Å². The highest BCUT2D eigenvalue weighted by atomic mass is 16.1. The Morgan fingerprint density at radius 3 is 2.00 bits per heavy atom. The lowest BCUT2D eigenvalue weighted by atomic mass is 9.79. The number of rotatable bonds is 4. The minimum atomic E-state index is -0.174. The van der Waals surface area contributed by atoms with E-state index in [0.29, 0.717) is 6.42 Å². The number of carbonyl (C=O) groups excluding carboxylic acids is 1. The van der Waals surface area contributed by atoms with Gasteiger partial charge in [-0.1, -0.05) is 13.8 Å². The van der Waals surface area contributed by atoms with Crippen molar-refractivity contribution in [3.8, 4) is 0 Å². The average molecular weight is 157 g/mol. The molecule has 0 rings (SSSR count). The van der Waals surface area contributed by atoms with E-state index in [2.05, 4.69) is 13.8 Å². The van der Waals surface area contributed by atoms with Crippen LogP contribution in [-0.4, -0.2) is 11.8 Å². The summed E-state index contributed by atoms with van der Waals surface area (Å²) in [6, 6.07) is 0. The van der Waals surface area contributed by atoms with Crippen LogP contribution in [0.4, 0.5) is 0 Å². The van der Waals surface area contributed by atoms with Gasteiger partial charge in [-0.15, -0.1) is 0 Å². The molecule has 0 unspecified atom stereocenters. The normalized spacial score (nSPS) is 13.2. The van der Waals surface area contributed by atoms with Crippen LogP contribution in [0.3, 0.4) is 0 Å². The second kappa shape index (κ2) is 3.35. The Morgan fingerprint density at radius 1 is 1.27 bits per heavy atom. The zero-order valence-electron chi connectivity index (χ0n) is 7.98. The van der Waals surface area contributed by atoms with Gasteiger partial charge in [-0.25, -0.2) is 0 Å². The van der Waals surface area contributed by atoms with Crippen LogP contribution >= 0.6 is 0 Å². The molecule has 0 radical (unpaired) electrons. The molecule has 0 spiro atoms. The van der Waals surface area contributed by atoms with Crippen molar-refractivity contribution in [2.45, 2.75) is 46.1 Å². The number of hydrogen-bond acceptors (Lipinski definition) is 2. The number of carbonyl (C=O) groups is 1. The van der Waals surface area contributed by atoms with E-state index in [9.17, 15) is 4.79 Å². The summed E-state index contributed by atoms with van der Waals surface area (Å²) in [4.78, 5) is 10.3. The number of nitrogens with two attached hydrogens (primary N) is 1. The van der Waals surface area contributed by atoms with Crippen molar-refractivity contribution in [1.29, 1.82) is 0 Å². The molecule has 0 saturated heterocycles.